The van der Waals surface area contributed by atoms with Crippen LogP contribution < -0.4 is 0 Å². The van der Waals surface area contributed by atoms with E-state index in [1.807, 2.05) is 24.3 Å². The van der Waals surface area contributed by atoms with E-state index in [0.717, 1.165) is 22.3 Å². The molecule has 0 bridgehead atoms. The summed E-state index contributed by atoms with van der Waals surface area (Å²) in [6, 6.07) is 41.8. The minimum atomic E-state index is -0.768. The molecule has 0 fully saturated rings. The third kappa shape index (κ3) is 4.68. The maximum atomic E-state index is 7.24. The molecule has 43 heavy (non-hydrogen) atoms. The van der Waals surface area contributed by atoms with Crippen LogP contribution in [-0.2, 0) is 20.7 Å². The van der Waals surface area contributed by atoms with Gasteiger partial charge in [0.1, 0.15) is 17.5 Å². The highest BCUT2D eigenvalue weighted by Gasteiger charge is 2.58. The molecule has 0 N–H and O–H groups in total. The molecule has 2 aliphatic heterocycles. The van der Waals surface area contributed by atoms with Crippen molar-refractivity contribution in [3.05, 3.63) is 144 Å². The Morgan fingerprint density at radius 3 is 0.977 bits per heavy atom. The maximum Gasteiger partial charge on any atom is 0.200 e. The monoisotopic (exact) mass is 570 g/mol. The quantitative estimate of drug-likeness (QED) is 0.212. The summed E-state index contributed by atoms with van der Waals surface area (Å²) in [5.41, 5.74) is 2.10. The van der Waals surface area contributed by atoms with E-state index in [1.165, 1.54) is 0 Å². The van der Waals surface area contributed by atoms with Gasteiger partial charge in [0.2, 0.25) is 11.8 Å². The molecule has 0 aromatic heterocycles. The molecule has 2 atom stereocenters. The Morgan fingerprint density at radius 2 is 0.744 bits per heavy atom. The minimum absolute atomic E-state index is 0.137. The van der Waals surface area contributed by atoms with E-state index in [9.17, 15) is 0 Å². The van der Waals surface area contributed by atoms with Crippen LogP contribution in [0.5, 0.6) is 0 Å². The SMILES string of the molecule is CC(C)[C@@H]1N=C(C(C)(C)C2=N[C@@H](C(C)C)C(c3ccccc3)(c3ccccc3)O2)OC1(c1ccccc1)c1ccccc1. The number of benzene rings is 4. The fourth-order valence-electron chi connectivity index (χ4n) is 6.81. The predicted octanol–water partition coefficient (Wildman–Crippen LogP) is 8.81. The molecule has 0 amide bonds. The molecular formula is C39H42N2O2. The molecule has 2 aliphatic rings. The van der Waals surface area contributed by atoms with E-state index in [1.54, 1.807) is 0 Å². The van der Waals surface area contributed by atoms with Crippen molar-refractivity contribution < 1.29 is 9.47 Å². The van der Waals surface area contributed by atoms with Crippen LogP contribution in [0.15, 0.2) is 131 Å². The fourth-order valence-corrected chi connectivity index (χ4v) is 6.81. The molecule has 4 aromatic carbocycles. The van der Waals surface area contributed by atoms with Crippen molar-refractivity contribution in [3.8, 4) is 0 Å². The molecule has 2 heterocycles. The first-order valence-electron chi connectivity index (χ1n) is 15.5. The topological polar surface area (TPSA) is 43.2 Å². The van der Waals surface area contributed by atoms with Gasteiger partial charge in [-0.05, 0) is 25.7 Å². The summed E-state index contributed by atoms with van der Waals surface area (Å²) in [5, 5.41) is 0. The number of nitrogens with zero attached hydrogens (tertiary/aromatic N) is 2. The largest absolute Gasteiger partial charge is 0.462 e. The van der Waals surface area contributed by atoms with Crippen LogP contribution >= 0.6 is 0 Å². The zero-order valence-electron chi connectivity index (χ0n) is 26.1. The van der Waals surface area contributed by atoms with Crippen molar-refractivity contribution in [2.24, 2.45) is 27.2 Å². The van der Waals surface area contributed by atoms with E-state index in [4.69, 9.17) is 19.5 Å². The lowest BCUT2D eigenvalue weighted by Gasteiger charge is -2.38. The van der Waals surface area contributed by atoms with Crippen LogP contribution in [0.25, 0.3) is 0 Å². The van der Waals surface area contributed by atoms with Crippen LogP contribution in [0.2, 0.25) is 0 Å². The van der Waals surface area contributed by atoms with E-state index in [0.29, 0.717) is 11.8 Å². The van der Waals surface area contributed by atoms with Crippen molar-refractivity contribution in [2.75, 3.05) is 0 Å². The number of ether oxygens (including phenoxy) is 2. The van der Waals surface area contributed by atoms with Gasteiger partial charge in [0.05, 0.1) is 0 Å². The first-order valence-corrected chi connectivity index (χ1v) is 15.5. The summed E-state index contributed by atoms with van der Waals surface area (Å²) in [5.74, 6) is 1.74. The van der Waals surface area contributed by atoms with Gasteiger partial charge in [-0.2, -0.15) is 0 Å². The molecule has 0 saturated heterocycles. The van der Waals surface area contributed by atoms with Gasteiger partial charge in [-0.3, -0.25) is 0 Å². The van der Waals surface area contributed by atoms with Crippen molar-refractivity contribution in [2.45, 2.75) is 64.8 Å². The second-order valence-corrected chi connectivity index (χ2v) is 13.0. The second kappa shape index (κ2) is 11.1. The highest BCUT2D eigenvalue weighted by molar-refractivity contribution is 6.06. The lowest BCUT2D eigenvalue weighted by Crippen LogP contribution is -2.45. The molecule has 6 rings (SSSR count). The van der Waals surface area contributed by atoms with Gasteiger partial charge in [-0.15, -0.1) is 0 Å². The van der Waals surface area contributed by atoms with E-state index in [-0.39, 0.29) is 23.9 Å². The first-order chi connectivity index (χ1) is 20.7. The smallest absolute Gasteiger partial charge is 0.200 e. The Kier molecular flexibility index (Phi) is 7.50. The molecular weight excluding hydrogens is 528 g/mol. The van der Waals surface area contributed by atoms with E-state index >= 15 is 0 Å². The van der Waals surface area contributed by atoms with Crippen molar-refractivity contribution in [3.63, 3.8) is 0 Å². The molecule has 4 heteroatoms. The van der Waals surface area contributed by atoms with Crippen LogP contribution in [0, 0.1) is 17.3 Å². The van der Waals surface area contributed by atoms with E-state index < -0.39 is 16.6 Å². The Labute approximate surface area is 256 Å². The molecule has 4 nitrogen and oxygen atoms in total. The van der Waals surface area contributed by atoms with E-state index in [2.05, 4.69) is 139 Å². The van der Waals surface area contributed by atoms with Crippen LogP contribution in [0.4, 0.5) is 0 Å². The molecule has 0 radical (unpaired) electrons. The Balaban J connectivity index is 1.48. The van der Waals surface area contributed by atoms with Crippen molar-refractivity contribution >= 4 is 11.8 Å². The average Bonchev–Trinajstić information content (AvgIpc) is 3.66. The molecule has 0 unspecified atom stereocenters. The third-order valence-electron chi connectivity index (χ3n) is 9.00. The lowest BCUT2D eigenvalue weighted by atomic mass is 9.76. The zero-order valence-corrected chi connectivity index (χ0v) is 26.1. The third-order valence-corrected chi connectivity index (χ3v) is 9.00. The standard InChI is InChI=1S/C39H42N2O2/c1-27(2)33-38(29-19-11-7-12-20-29,30-21-13-8-14-22-30)42-35(40-33)37(5,6)36-41-34(28(3)4)39(43-36,31-23-15-9-16-24-31)32-25-17-10-18-26-32/h7-28,33-34H,1-6H3/t33-,34-/m0/s1. The number of aliphatic imine (C=N–C) groups is 2. The Hall–Kier alpha value is -4.18. The maximum absolute atomic E-state index is 7.24. The summed E-state index contributed by atoms with van der Waals surface area (Å²) in [6.45, 7) is 13.2. The van der Waals surface area contributed by atoms with Crippen molar-refractivity contribution in [1.82, 2.24) is 0 Å². The van der Waals surface area contributed by atoms with Gasteiger partial charge in [0.15, 0.2) is 11.2 Å². The summed E-state index contributed by atoms with van der Waals surface area (Å²) in [4.78, 5) is 10.8. The molecule has 220 valence electrons. The van der Waals surface area contributed by atoms with Crippen LogP contribution in [0.1, 0.15) is 63.8 Å². The van der Waals surface area contributed by atoms with Gasteiger partial charge in [0.25, 0.3) is 0 Å². The normalized spacial score (nSPS) is 20.8. The first kappa shape index (κ1) is 28.9. The molecule has 0 saturated carbocycles. The highest BCUT2D eigenvalue weighted by atomic mass is 16.5. The summed E-state index contributed by atoms with van der Waals surface area (Å²) in [7, 11) is 0. The van der Waals surface area contributed by atoms with Gasteiger partial charge < -0.3 is 9.47 Å². The van der Waals surface area contributed by atoms with Crippen molar-refractivity contribution in [1.29, 1.82) is 0 Å². The van der Waals surface area contributed by atoms with Gasteiger partial charge in [-0.25, -0.2) is 9.98 Å². The van der Waals surface area contributed by atoms with Crippen LogP contribution in [-0.4, -0.2) is 23.9 Å². The fraction of sp³-hybridized carbons (Fsp3) is 0.333. The lowest BCUT2D eigenvalue weighted by molar-refractivity contribution is 0.0601. The average molecular weight is 571 g/mol. The summed E-state index contributed by atoms with van der Waals surface area (Å²) < 4.78 is 14.5. The Bertz CT molecular complexity index is 1390. The minimum Gasteiger partial charge on any atom is -0.462 e. The molecule has 0 aliphatic carbocycles. The highest BCUT2D eigenvalue weighted by Crippen LogP contribution is 2.51. The van der Waals surface area contributed by atoms with Gasteiger partial charge >= 0.3 is 0 Å². The number of rotatable bonds is 8. The molecule has 4 aromatic rings. The number of hydrogen-bond donors (Lipinski definition) is 0. The zero-order chi connectivity index (χ0) is 30.2. The summed E-state index contributed by atoms with van der Waals surface area (Å²) in [6.07, 6.45) is 0. The number of hydrogen-bond acceptors (Lipinski definition) is 4. The van der Waals surface area contributed by atoms with Gasteiger partial charge in [0, 0.05) is 22.3 Å². The second-order valence-electron chi connectivity index (χ2n) is 13.0. The van der Waals surface area contributed by atoms with Crippen LogP contribution in [0.3, 0.4) is 0 Å². The Morgan fingerprint density at radius 1 is 0.488 bits per heavy atom. The molecule has 0 spiro atoms. The summed E-state index contributed by atoms with van der Waals surface area (Å²) >= 11 is 0. The van der Waals surface area contributed by atoms with Gasteiger partial charge in [-0.1, -0.05) is 149 Å². The predicted molar refractivity (Wildman–Crippen MR) is 175 cm³/mol.